The van der Waals surface area contributed by atoms with Crippen molar-refractivity contribution in [3.05, 3.63) is 24.9 Å². The first-order valence-corrected chi connectivity index (χ1v) is 10.4. The van der Waals surface area contributed by atoms with Crippen molar-refractivity contribution in [2.75, 3.05) is 6.54 Å². The Morgan fingerprint density at radius 1 is 0.741 bits per heavy atom. The standard InChI is InChI=1S/C21H41NO4.K/c1-4-5-6-7-8-9-10-11-12-13-14-15-16-17-18-19-22(20(2)25-23)21(3)26-24;/h23-24H,2-19H2,1H3;/q;+1/p-1. The molecular weight excluding hydrogens is 369 g/mol. The van der Waals surface area contributed by atoms with E-state index in [4.69, 9.17) is 5.26 Å². The summed E-state index contributed by atoms with van der Waals surface area (Å²) >= 11 is 0. The number of unbranched alkanes of at least 4 members (excludes halogenated alkanes) is 14. The van der Waals surface area contributed by atoms with E-state index < -0.39 is 0 Å². The fourth-order valence-electron chi connectivity index (χ4n) is 3.12. The molecule has 0 aliphatic carbocycles. The first kappa shape index (κ1) is 29.6. The molecule has 0 rings (SSSR count). The second-order valence-corrected chi connectivity index (χ2v) is 7.06. The molecule has 0 atom stereocenters. The van der Waals surface area contributed by atoms with Gasteiger partial charge in [0.05, 0.1) is 0 Å². The van der Waals surface area contributed by atoms with Crippen molar-refractivity contribution in [2.24, 2.45) is 0 Å². The Morgan fingerprint density at radius 3 is 1.44 bits per heavy atom. The smallest absolute Gasteiger partial charge is 0.663 e. The van der Waals surface area contributed by atoms with Crippen LogP contribution in [0, 0.1) is 0 Å². The van der Waals surface area contributed by atoms with Gasteiger partial charge in [-0.3, -0.25) is 4.90 Å². The summed E-state index contributed by atoms with van der Waals surface area (Å²) in [6.45, 7) is 9.74. The maximum atomic E-state index is 10.4. The van der Waals surface area contributed by atoms with Gasteiger partial charge in [0.1, 0.15) is 0 Å². The molecule has 27 heavy (non-hydrogen) atoms. The molecule has 0 aliphatic rings. The molecule has 0 heterocycles. The molecule has 0 aromatic heterocycles. The second-order valence-electron chi connectivity index (χ2n) is 7.06. The SMILES string of the molecule is C=C(O[O-])N(CCCCCCCCCCCCCCCCC)C(=C)OO.[K+]. The summed E-state index contributed by atoms with van der Waals surface area (Å²) in [5, 5.41) is 19.1. The molecule has 0 spiro atoms. The molecule has 1 N–H and O–H groups in total. The van der Waals surface area contributed by atoms with Crippen molar-refractivity contribution in [3.8, 4) is 0 Å². The van der Waals surface area contributed by atoms with Crippen LogP contribution in [0.25, 0.3) is 0 Å². The largest absolute Gasteiger partial charge is 1.00 e. The molecule has 0 amide bonds. The molecule has 154 valence electrons. The van der Waals surface area contributed by atoms with Crippen LogP contribution in [0.15, 0.2) is 24.9 Å². The van der Waals surface area contributed by atoms with Crippen LogP contribution in [-0.2, 0) is 9.78 Å². The third kappa shape index (κ3) is 18.2. The maximum absolute atomic E-state index is 10.4. The van der Waals surface area contributed by atoms with Crippen LogP contribution in [0.2, 0.25) is 0 Å². The maximum Gasteiger partial charge on any atom is 1.00 e. The van der Waals surface area contributed by atoms with Gasteiger partial charge in [0.15, 0.2) is 5.88 Å². The van der Waals surface area contributed by atoms with Gasteiger partial charge in [-0.1, -0.05) is 96.8 Å². The molecule has 5 nitrogen and oxygen atoms in total. The molecule has 0 aliphatic heterocycles. The van der Waals surface area contributed by atoms with Crippen molar-refractivity contribution in [3.63, 3.8) is 0 Å². The summed E-state index contributed by atoms with van der Waals surface area (Å²) in [7, 11) is 0. The van der Waals surface area contributed by atoms with Gasteiger partial charge in [0, 0.05) is 6.54 Å². The summed E-state index contributed by atoms with van der Waals surface area (Å²) in [6, 6.07) is 0. The van der Waals surface area contributed by atoms with E-state index >= 15 is 0 Å². The predicted molar refractivity (Wildman–Crippen MR) is 105 cm³/mol. The van der Waals surface area contributed by atoms with Crippen LogP contribution >= 0.6 is 0 Å². The number of hydrogen-bond donors (Lipinski definition) is 1. The first-order chi connectivity index (χ1) is 12.7. The van der Waals surface area contributed by atoms with Gasteiger partial charge >= 0.3 is 51.4 Å². The van der Waals surface area contributed by atoms with E-state index in [0.717, 1.165) is 12.8 Å². The number of nitrogens with zero attached hydrogens (tertiary/aromatic N) is 1. The Balaban J connectivity index is 0. The summed E-state index contributed by atoms with van der Waals surface area (Å²) in [5.74, 6) is -0.161. The van der Waals surface area contributed by atoms with Gasteiger partial charge in [0.2, 0.25) is 5.88 Å². The molecule has 0 radical (unpaired) electrons. The van der Waals surface area contributed by atoms with Gasteiger partial charge in [0.25, 0.3) is 0 Å². The Labute approximate surface area is 209 Å². The van der Waals surface area contributed by atoms with Gasteiger partial charge in [-0.2, -0.15) is 0 Å². The van der Waals surface area contributed by atoms with E-state index in [1.54, 1.807) is 0 Å². The summed E-state index contributed by atoms with van der Waals surface area (Å²) < 4.78 is 0. The predicted octanol–water partition coefficient (Wildman–Crippen LogP) is 2.89. The summed E-state index contributed by atoms with van der Waals surface area (Å²) in [5.41, 5.74) is 0. The minimum Gasteiger partial charge on any atom is -0.663 e. The third-order valence-electron chi connectivity index (χ3n) is 4.79. The first-order valence-electron chi connectivity index (χ1n) is 10.4. The van der Waals surface area contributed by atoms with Gasteiger partial charge in [-0.15, -0.1) is 0 Å². The van der Waals surface area contributed by atoms with E-state index in [2.05, 4.69) is 29.9 Å². The Kier molecular flexibility index (Phi) is 24.9. The van der Waals surface area contributed by atoms with Gasteiger partial charge < -0.3 is 15.0 Å². The molecule has 0 saturated carbocycles. The van der Waals surface area contributed by atoms with E-state index in [9.17, 15) is 5.26 Å². The van der Waals surface area contributed by atoms with E-state index in [-0.39, 0.29) is 63.2 Å². The summed E-state index contributed by atoms with van der Waals surface area (Å²) in [4.78, 5) is 9.24. The van der Waals surface area contributed by atoms with Crippen LogP contribution < -0.4 is 56.6 Å². The fraction of sp³-hybridized carbons (Fsp3) is 0.810. The molecule has 0 bridgehead atoms. The molecule has 0 fully saturated rings. The van der Waals surface area contributed by atoms with Crippen LogP contribution in [0.5, 0.6) is 0 Å². The Bertz CT molecular complexity index is 337. The van der Waals surface area contributed by atoms with Crippen molar-refractivity contribution in [1.82, 2.24) is 4.90 Å². The average molecular weight is 410 g/mol. The Hall–Kier alpha value is 0.436. The van der Waals surface area contributed by atoms with Crippen molar-refractivity contribution < 1.29 is 71.7 Å². The van der Waals surface area contributed by atoms with Crippen LogP contribution in [0.4, 0.5) is 0 Å². The second kappa shape index (κ2) is 22.7. The fourth-order valence-corrected chi connectivity index (χ4v) is 3.12. The molecular formula is C21H40KNO4. The monoisotopic (exact) mass is 409 g/mol. The minimum absolute atomic E-state index is 0. The normalized spacial score (nSPS) is 10.2. The third-order valence-corrected chi connectivity index (χ3v) is 4.79. The number of rotatable bonds is 20. The van der Waals surface area contributed by atoms with Crippen molar-refractivity contribution >= 4 is 0 Å². The van der Waals surface area contributed by atoms with Crippen molar-refractivity contribution in [1.29, 1.82) is 0 Å². The van der Waals surface area contributed by atoms with Crippen LogP contribution in [0.3, 0.4) is 0 Å². The van der Waals surface area contributed by atoms with Crippen LogP contribution in [0.1, 0.15) is 103 Å². The van der Waals surface area contributed by atoms with E-state index in [0.29, 0.717) is 6.54 Å². The summed E-state index contributed by atoms with van der Waals surface area (Å²) in [6.07, 6.45) is 19.4. The van der Waals surface area contributed by atoms with E-state index in [1.165, 1.54) is 88.4 Å². The molecule has 0 aromatic carbocycles. The van der Waals surface area contributed by atoms with Crippen molar-refractivity contribution in [2.45, 2.75) is 103 Å². The number of hydrogen-bond acceptors (Lipinski definition) is 5. The quantitative estimate of drug-likeness (QED) is 0.110. The minimum atomic E-state index is -0.116. The van der Waals surface area contributed by atoms with Gasteiger partial charge in [-0.25, -0.2) is 5.26 Å². The average Bonchev–Trinajstić information content (AvgIpc) is 2.66. The van der Waals surface area contributed by atoms with Gasteiger partial charge in [-0.05, 0) is 19.6 Å². The topological polar surface area (TPSA) is 65.0 Å². The molecule has 0 saturated heterocycles. The van der Waals surface area contributed by atoms with E-state index in [1.807, 2.05) is 0 Å². The zero-order chi connectivity index (χ0) is 19.5. The zero-order valence-corrected chi connectivity index (χ0v) is 21.0. The molecule has 0 unspecified atom stereocenters. The van der Waals surface area contributed by atoms with Crippen LogP contribution in [-0.4, -0.2) is 16.7 Å². The zero-order valence-electron chi connectivity index (χ0n) is 17.8. The molecule has 6 heteroatoms. The molecule has 0 aromatic rings. The Morgan fingerprint density at radius 2 is 1.11 bits per heavy atom.